The van der Waals surface area contributed by atoms with Crippen LogP contribution in [-0.4, -0.2) is 35.6 Å². The van der Waals surface area contributed by atoms with Crippen LogP contribution >= 0.6 is 0 Å². The highest BCUT2D eigenvalue weighted by Crippen LogP contribution is 2.28. The van der Waals surface area contributed by atoms with Crippen LogP contribution in [0.1, 0.15) is 58.9 Å². The number of rotatable bonds is 6. The minimum Gasteiger partial charge on any atom is -0.465 e. The highest BCUT2D eigenvalue weighted by atomic mass is 16.5. The number of piperidine rings is 1. The van der Waals surface area contributed by atoms with Gasteiger partial charge >= 0.3 is 0 Å². The Labute approximate surface area is 183 Å². The van der Waals surface area contributed by atoms with Crippen molar-refractivity contribution in [1.29, 1.82) is 0 Å². The van der Waals surface area contributed by atoms with E-state index in [-0.39, 0.29) is 17.6 Å². The second-order valence-electron chi connectivity index (χ2n) is 8.77. The van der Waals surface area contributed by atoms with Gasteiger partial charge in [-0.25, -0.2) is 0 Å². The molecule has 1 amide bonds. The summed E-state index contributed by atoms with van der Waals surface area (Å²) in [6.45, 7) is 10.8. The number of nitrogens with zero attached hydrogens (tertiary/aromatic N) is 2. The number of benzene rings is 1. The van der Waals surface area contributed by atoms with Gasteiger partial charge in [0.25, 0.3) is 5.91 Å². The molecule has 1 N–H and O–H groups in total. The molecule has 2 aromatic heterocycles. The summed E-state index contributed by atoms with van der Waals surface area (Å²) >= 11 is 0. The Kier molecular flexibility index (Phi) is 6.28. The second kappa shape index (κ2) is 9.10. The van der Waals surface area contributed by atoms with Crippen LogP contribution in [0.5, 0.6) is 0 Å². The van der Waals surface area contributed by atoms with Gasteiger partial charge in [-0.15, -0.1) is 0 Å². The van der Waals surface area contributed by atoms with Gasteiger partial charge in [0.05, 0.1) is 6.04 Å². The summed E-state index contributed by atoms with van der Waals surface area (Å²) in [4.78, 5) is 15.2. The maximum atomic E-state index is 12.8. The van der Waals surface area contributed by atoms with E-state index >= 15 is 0 Å². The fraction of sp³-hybridized carbons (Fsp3) is 0.440. The third-order valence-corrected chi connectivity index (χ3v) is 6.34. The molecule has 3 heterocycles. The Hall–Kier alpha value is -2.86. The van der Waals surface area contributed by atoms with Crippen LogP contribution in [0.15, 0.2) is 45.3 Å². The van der Waals surface area contributed by atoms with E-state index in [9.17, 15) is 4.79 Å². The minimum absolute atomic E-state index is 0.0104. The molecule has 0 spiro atoms. The number of aryl methyl sites for hydroxylation is 3. The third-order valence-electron chi connectivity index (χ3n) is 6.34. The quantitative estimate of drug-likeness (QED) is 0.602. The molecule has 1 saturated heterocycles. The average Bonchev–Trinajstić information content (AvgIpc) is 3.41. The van der Waals surface area contributed by atoms with Gasteiger partial charge in [-0.1, -0.05) is 24.2 Å². The molecule has 1 aromatic carbocycles. The first-order chi connectivity index (χ1) is 14.9. The van der Waals surface area contributed by atoms with Gasteiger partial charge in [0, 0.05) is 18.2 Å². The summed E-state index contributed by atoms with van der Waals surface area (Å²) in [6, 6.07) is 11.8. The lowest BCUT2D eigenvalue weighted by atomic mass is 9.97. The smallest absolute Gasteiger partial charge is 0.273 e. The topological polar surface area (TPSA) is 71.5 Å². The first kappa shape index (κ1) is 21.4. The molecule has 1 atom stereocenters. The van der Waals surface area contributed by atoms with E-state index in [0.29, 0.717) is 12.3 Å². The van der Waals surface area contributed by atoms with E-state index in [1.165, 1.54) is 11.1 Å². The zero-order chi connectivity index (χ0) is 22.0. The predicted octanol–water partition coefficient (Wildman–Crippen LogP) is 5.06. The maximum absolute atomic E-state index is 12.8. The predicted molar refractivity (Wildman–Crippen MR) is 120 cm³/mol. The fourth-order valence-electron chi connectivity index (χ4n) is 4.08. The number of likely N-dealkylation sites (tertiary alicyclic amines) is 1. The van der Waals surface area contributed by atoms with Crippen molar-refractivity contribution in [2.24, 2.45) is 5.92 Å². The average molecular weight is 422 g/mol. The van der Waals surface area contributed by atoms with Crippen molar-refractivity contribution in [1.82, 2.24) is 15.4 Å². The lowest BCUT2D eigenvalue weighted by molar-refractivity contribution is 0.0887. The summed E-state index contributed by atoms with van der Waals surface area (Å²) in [6.07, 6.45) is 2.32. The summed E-state index contributed by atoms with van der Waals surface area (Å²) < 4.78 is 11.4. The van der Waals surface area contributed by atoms with Crippen LogP contribution in [0.4, 0.5) is 0 Å². The Morgan fingerprint density at radius 1 is 1.13 bits per heavy atom. The van der Waals surface area contributed by atoms with E-state index in [4.69, 9.17) is 8.94 Å². The summed E-state index contributed by atoms with van der Waals surface area (Å²) in [7, 11) is 0. The molecule has 3 aromatic rings. The Morgan fingerprint density at radius 2 is 1.90 bits per heavy atom. The molecule has 164 valence electrons. The molecule has 1 aliphatic rings. The normalized spacial score (nSPS) is 16.4. The fourth-order valence-corrected chi connectivity index (χ4v) is 4.08. The highest BCUT2D eigenvalue weighted by molar-refractivity contribution is 5.93. The van der Waals surface area contributed by atoms with Crippen LogP contribution in [0, 0.1) is 26.7 Å². The number of carbonyl (C=O) groups excluding carboxylic acids is 1. The number of nitrogens with one attached hydrogen (secondary N) is 1. The monoisotopic (exact) mass is 421 g/mol. The summed E-state index contributed by atoms with van der Waals surface area (Å²) in [5.74, 6) is 2.87. The number of furan rings is 1. The molecule has 6 heteroatoms. The van der Waals surface area contributed by atoms with E-state index in [1.54, 1.807) is 6.07 Å². The second-order valence-corrected chi connectivity index (χ2v) is 8.77. The summed E-state index contributed by atoms with van der Waals surface area (Å²) in [5, 5.41) is 7.04. The molecule has 6 nitrogen and oxygen atoms in total. The van der Waals surface area contributed by atoms with Gasteiger partial charge in [-0.2, -0.15) is 0 Å². The number of hydrogen-bond donors (Lipinski definition) is 1. The van der Waals surface area contributed by atoms with Crippen LogP contribution in [0.2, 0.25) is 0 Å². The Morgan fingerprint density at radius 3 is 2.58 bits per heavy atom. The molecular weight excluding hydrogens is 390 g/mol. The van der Waals surface area contributed by atoms with E-state index in [1.807, 2.05) is 37.3 Å². The van der Waals surface area contributed by atoms with Crippen molar-refractivity contribution in [3.8, 4) is 11.3 Å². The Balaban J connectivity index is 1.45. The van der Waals surface area contributed by atoms with E-state index in [2.05, 4.69) is 36.1 Å². The SMILES string of the molecule is Cc1ccc(C(CNC(=O)c2cc(-c3ccc(C)c(C)c3)on2)N2CCC(C)CC2)o1. The van der Waals surface area contributed by atoms with E-state index < -0.39 is 0 Å². The third kappa shape index (κ3) is 4.90. The molecule has 1 aliphatic heterocycles. The van der Waals surface area contributed by atoms with Crippen molar-refractivity contribution >= 4 is 5.91 Å². The highest BCUT2D eigenvalue weighted by Gasteiger charge is 2.27. The standard InChI is InChI=1S/C25H31N3O3/c1-16-9-11-28(12-10-16)22(23-8-6-19(4)30-23)15-26-25(29)21-14-24(31-27-21)20-7-5-17(2)18(3)13-20/h5-8,13-14,16,22H,9-12,15H2,1-4H3,(H,26,29). The van der Waals surface area contributed by atoms with Gasteiger partial charge < -0.3 is 14.3 Å². The molecule has 1 fully saturated rings. The van der Waals surface area contributed by atoms with Crippen molar-refractivity contribution in [2.75, 3.05) is 19.6 Å². The van der Waals surface area contributed by atoms with Crippen molar-refractivity contribution in [2.45, 2.75) is 46.6 Å². The number of hydrogen-bond acceptors (Lipinski definition) is 5. The lowest BCUT2D eigenvalue weighted by Gasteiger charge is -2.35. The van der Waals surface area contributed by atoms with Crippen LogP contribution in [-0.2, 0) is 0 Å². The van der Waals surface area contributed by atoms with Gasteiger partial charge in [-0.05, 0) is 81.9 Å². The number of carbonyl (C=O) groups is 1. The van der Waals surface area contributed by atoms with Gasteiger partial charge in [0.15, 0.2) is 11.5 Å². The van der Waals surface area contributed by atoms with Crippen molar-refractivity contribution < 1.29 is 13.7 Å². The van der Waals surface area contributed by atoms with Gasteiger partial charge in [0.1, 0.15) is 11.5 Å². The van der Waals surface area contributed by atoms with Crippen molar-refractivity contribution in [3.63, 3.8) is 0 Å². The van der Waals surface area contributed by atoms with Gasteiger partial charge in [0.2, 0.25) is 0 Å². The molecule has 0 bridgehead atoms. The van der Waals surface area contributed by atoms with Crippen LogP contribution in [0.3, 0.4) is 0 Å². The number of amides is 1. The first-order valence-electron chi connectivity index (χ1n) is 11.0. The maximum Gasteiger partial charge on any atom is 0.273 e. The van der Waals surface area contributed by atoms with Crippen LogP contribution < -0.4 is 5.32 Å². The molecular formula is C25H31N3O3. The minimum atomic E-state index is -0.238. The molecule has 0 radical (unpaired) electrons. The first-order valence-corrected chi connectivity index (χ1v) is 11.0. The van der Waals surface area contributed by atoms with E-state index in [0.717, 1.165) is 48.9 Å². The molecule has 31 heavy (non-hydrogen) atoms. The number of aromatic nitrogens is 1. The largest absolute Gasteiger partial charge is 0.465 e. The molecule has 4 rings (SSSR count). The molecule has 1 unspecified atom stereocenters. The van der Waals surface area contributed by atoms with Gasteiger partial charge in [-0.3, -0.25) is 9.69 Å². The lowest BCUT2D eigenvalue weighted by Crippen LogP contribution is -2.41. The summed E-state index contributed by atoms with van der Waals surface area (Å²) in [5.41, 5.74) is 3.59. The molecule has 0 aliphatic carbocycles. The Bertz CT molecular complexity index is 1040. The zero-order valence-electron chi connectivity index (χ0n) is 18.8. The van der Waals surface area contributed by atoms with Crippen molar-refractivity contribution in [3.05, 3.63) is 64.7 Å². The zero-order valence-corrected chi connectivity index (χ0v) is 18.8. The van der Waals surface area contributed by atoms with Crippen LogP contribution in [0.25, 0.3) is 11.3 Å². The molecule has 0 saturated carbocycles.